The Hall–Kier alpha value is -1.66. The molecule has 118 valence electrons. The van der Waals surface area contributed by atoms with Crippen molar-refractivity contribution < 1.29 is 14.3 Å². The van der Waals surface area contributed by atoms with Gasteiger partial charge in [0.1, 0.15) is 5.75 Å². The van der Waals surface area contributed by atoms with Gasteiger partial charge in [0.25, 0.3) is 0 Å². The van der Waals surface area contributed by atoms with Gasteiger partial charge in [-0.1, -0.05) is 0 Å². The zero-order valence-corrected chi connectivity index (χ0v) is 13.6. The first-order valence-electron chi connectivity index (χ1n) is 7.87. The Bertz CT molecular complexity index is 661. The summed E-state index contributed by atoms with van der Waals surface area (Å²) in [5.74, 6) is 1.24. The number of fused-ring (bicyclic) bond motifs is 3. The van der Waals surface area contributed by atoms with Crippen molar-refractivity contribution in [3.8, 4) is 11.5 Å². The van der Waals surface area contributed by atoms with Crippen LogP contribution in [0, 0.1) is 0 Å². The third kappa shape index (κ3) is 2.68. The molecule has 0 radical (unpaired) electrons. The highest BCUT2D eigenvalue weighted by molar-refractivity contribution is 6.39. The first kappa shape index (κ1) is 15.2. The van der Waals surface area contributed by atoms with Crippen LogP contribution in [0.2, 0.25) is 0 Å². The summed E-state index contributed by atoms with van der Waals surface area (Å²) in [5.41, 5.74) is 2.20. The molecule has 0 saturated heterocycles. The number of nitrogens with zero attached hydrogens (tertiary/aromatic N) is 1. The molecule has 2 heterocycles. The molecule has 6 heteroatoms. The van der Waals surface area contributed by atoms with Gasteiger partial charge in [-0.05, 0) is 51.8 Å². The molecule has 1 aliphatic rings. The second-order valence-electron chi connectivity index (χ2n) is 6.35. The first-order valence-corrected chi connectivity index (χ1v) is 7.87. The number of nitrogens with one attached hydrogen (secondary N) is 1. The predicted octanol–water partition coefficient (Wildman–Crippen LogP) is 2.58. The molecular formula is C16H23BN2O3. The predicted molar refractivity (Wildman–Crippen MR) is 88.2 cm³/mol. The molecule has 1 aliphatic heterocycles. The van der Waals surface area contributed by atoms with E-state index in [2.05, 4.69) is 37.6 Å². The minimum atomic E-state index is -1.20. The number of hydrogen-bond acceptors (Lipinski definition) is 4. The zero-order valence-electron chi connectivity index (χ0n) is 13.6. The Labute approximate surface area is 131 Å². The highest BCUT2D eigenvalue weighted by Gasteiger charge is 2.33. The average molecular weight is 302 g/mol. The zero-order chi connectivity index (χ0) is 15.9. The van der Waals surface area contributed by atoms with E-state index in [0.29, 0.717) is 23.6 Å². The van der Waals surface area contributed by atoms with Gasteiger partial charge >= 0.3 is 7.32 Å². The van der Waals surface area contributed by atoms with Crippen LogP contribution in [0.3, 0.4) is 0 Å². The Morgan fingerprint density at radius 3 is 2.59 bits per heavy atom. The van der Waals surface area contributed by atoms with Crippen LogP contribution in [0.4, 0.5) is 0 Å². The first-order chi connectivity index (χ1) is 10.5. The number of aromatic amines is 1. The molecule has 1 aromatic carbocycles. The molecule has 2 aromatic rings. The second kappa shape index (κ2) is 5.86. The third-order valence-corrected chi connectivity index (χ3v) is 4.26. The molecule has 0 fully saturated rings. The largest absolute Gasteiger partial charge is 0.785 e. The summed E-state index contributed by atoms with van der Waals surface area (Å²) in [7, 11) is -1.20. The maximum absolute atomic E-state index is 9.54. The van der Waals surface area contributed by atoms with Crippen molar-refractivity contribution in [1.29, 1.82) is 0 Å². The molecule has 0 amide bonds. The second-order valence-corrected chi connectivity index (χ2v) is 6.35. The maximum atomic E-state index is 9.54. The minimum Gasteiger partial charge on any atom is -0.498 e. The molecule has 1 aromatic heterocycles. The normalized spacial score (nSPS) is 14.1. The van der Waals surface area contributed by atoms with Gasteiger partial charge in [0, 0.05) is 35.7 Å². The van der Waals surface area contributed by atoms with E-state index in [1.165, 1.54) is 5.56 Å². The van der Waals surface area contributed by atoms with Gasteiger partial charge in [-0.15, -0.1) is 0 Å². The van der Waals surface area contributed by atoms with Crippen LogP contribution in [0.15, 0.2) is 18.3 Å². The smallest absolute Gasteiger partial charge is 0.498 e. The van der Waals surface area contributed by atoms with Crippen molar-refractivity contribution in [2.24, 2.45) is 0 Å². The van der Waals surface area contributed by atoms with Gasteiger partial charge in [0.05, 0.1) is 0 Å². The molecule has 3 rings (SSSR count). The summed E-state index contributed by atoms with van der Waals surface area (Å²) >= 11 is 0. The Kier molecular flexibility index (Phi) is 4.06. The summed E-state index contributed by atoms with van der Waals surface area (Å²) in [6.45, 7) is 9.87. The monoisotopic (exact) mass is 302 g/mol. The summed E-state index contributed by atoms with van der Waals surface area (Å²) in [4.78, 5) is 5.75. The minimum absolute atomic E-state index is 0.511. The molecule has 5 nitrogen and oxygen atoms in total. The van der Waals surface area contributed by atoms with Crippen molar-refractivity contribution in [2.45, 2.75) is 46.2 Å². The Balaban J connectivity index is 1.88. The van der Waals surface area contributed by atoms with Crippen LogP contribution < -0.4 is 9.31 Å². The van der Waals surface area contributed by atoms with Crippen LogP contribution in [0.5, 0.6) is 11.5 Å². The standard InChI is InChI=1S/C16H23BN2O3/c1-10(2)19(11(3)4)8-7-12-9-18-13-5-6-14-16(15(12)13)22-17(20)21-14/h5-6,9-11,18,20H,7-8H2,1-4H3. The maximum Gasteiger partial charge on any atom is 0.785 e. The van der Waals surface area contributed by atoms with Crippen LogP contribution in [-0.2, 0) is 6.42 Å². The number of aromatic nitrogens is 1. The van der Waals surface area contributed by atoms with Crippen molar-refractivity contribution >= 4 is 18.2 Å². The molecule has 0 atom stereocenters. The van der Waals surface area contributed by atoms with Gasteiger partial charge in [0.15, 0.2) is 5.75 Å². The fourth-order valence-electron chi connectivity index (χ4n) is 3.24. The fourth-order valence-corrected chi connectivity index (χ4v) is 3.24. The van der Waals surface area contributed by atoms with Crippen LogP contribution >= 0.6 is 0 Å². The summed E-state index contributed by atoms with van der Waals surface area (Å²) in [6.07, 6.45) is 2.95. The molecule has 2 N–H and O–H groups in total. The SMILES string of the molecule is CC(C)N(CCc1c[nH]c2ccc3c(c12)OB(O)O3)C(C)C. The molecular weight excluding hydrogens is 279 g/mol. The molecule has 0 saturated carbocycles. The van der Waals surface area contributed by atoms with Crippen molar-refractivity contribution in [1.82, 2.24) is 9.88 Å². The molecule has 0 spiro atoms. The van der Waals surface area contributed by atoms with E-state index in [1.54, 1.807) is 0 Å². The van der Waals surface area contributed by atoms with E-state index in [9.17, 15) is 5.02 Å². The Morgan fingerprint density at radius 1 is 1.18 bits per heavy atom. The van der Waals surface area contributed by atoms with E-state index < -0.39 is 7.32 Å². The summed E-state index contributed by atoms with van der Waals surface area (Å²) < 4.78 is 10.7. The van der Waals surface area contributed by atoms with Crippen molar-refractivity contribution in [3.63, 3.8) is 0 Å². The highest BCUT2D eigenvalue weighted by atomic mass is 16.7. The molecule has 0 aliphatic carbocycles. The number of hydrogen-bond donors (Lipinski definition) is 2. The van der Waals surface area contributed by atoms with Crippen LogP contribution in [0.25, 0.3) is 10.9 Å². The lowest BCUT2D eigenvalue weighted by Crippen LogP contribution is -2.38. The van der Waals surface area contributed by atoms with E-state index >= 15 is 0 Å². The molecule has 0 bridgehead atoms. The highest BCUT2D eigenvalue weighted by Crippen LogP contribution is 2.41. The topological polar surface area (TPSA) is 57.7 Å². The van der Waals surface area contributed by atoms with E-state index in [0.717, 1.165) is 23.9 Å². The Morgan fingerprint density at radius 2 is 1.91 bits per heavy atom. The third-order valence-electron chi connectivity index (χ3n) is 4.26. The number of H-pyrrole nitrogens is 1. The van der Waals surface area contributed by atoms with Gasteiger partial charge in [-0.25, -0.2) is 0 Å². The summed E-state index contributed by atoms with van der Waals surface area (Å²) in [6, 6.07) is 4.81. The van der Waals surface area contributed by atoms with Crippen molar-refractivity contribution in [3.05, 3.63) is 23.9 Å². The van der Waals surface area contributed by atoms with Crippen LogP contribution in [0.1, 0.15) is 33.3 Å². The fraction of sp³-hybridized carbons (Fsp3) is 0.500. The van der Waals surface area contributed by atoms with Gasteiger partial charge in [-0.2, -0.15) is 0 Å². The average Bonchev–Trinajstić information content (AvgIpc) is 3.00. The number of rotatable bonds is 5. The molecule has 22 heavy (non-hydrogen) atoms. The lowest BCUT2D eigenvalue weighted by atomic mass is 10.1. The van der Waals surface area contributed by atoms with Gasteiger partial charge < -0.3 is 19.3 Å². The lowest BCUT2D eigenvalue weighted by molar-refractivity contribution is 0.177. The number of benzene rings is 1. The van der Waals surface area contributed by atoms with Gasteiger partial charge in [0.2, 0.25) is 0 Å². The van der Waals surface area contributed by atoms with E-state index in [1.807, 2.05) is 18.3 Å². The quantitative estimate of drug-likeness (QED) is 0.834. The van der Waals surface area contributed by atoms with Crippen molar-refractivity contribution in [2.75, 3.05) is 6.54 Å². The van der Waals surface area contributed by atoms with E-state index in [-0.39, 0.29) is 0 Å². The van der Waals surface area contributed by atoms with Gasteiger partial charge in [-0.3, -0.25) is 4.90 Å². The van der Waals surface area contributed by atoms with E-state index in [4.69, 9.17) is 9.31 Å². The summed E-state index contributed by atoms with van der Waals surface area (Å²) in [5, 5.41) is 10.6. The molecule has 0 unspecified atom stereocenters. The van der Waals surface area contributed by atoms with Crippen LogP contribution in [-0.4, -0.2) is 40.9 Å². The lowest BCUT2D eigenvalue weighted by Gasteiger charge is -2.30.